The first kappa shape index (κ1) is 12.8. The van der Waals surface area contributed by atoms with Gasteiger partial charge >= 0.3 is 0 Å². The molecular weight excluding hydrogens is 301 g/mol. The van der Waals surface area contributed by atoms with Crippen molar-refractivity contribution in [2.75, 3.05) is 13.2 Å². The molecule has 0 aromatic heterocycles. The maximum absolute atomic E-state index is 5.66. The van der Waals surface area contributed by atoms with Crippen molar-refractivity contribution in [1.29, 1.82) is 0 Å². The Morgan fingerprint density at radius 3 is 2.53 bits per heavy atom. The molecule has 0 fully saturated rings. The van der Waals surface area contributed by atoms with Crippen molar-refractivity contribution >= 4 is 22.6 Å². The van der Waals surface area contributed by atoms with Gasteiger partial charge in [-0.25, -0.2) is 0 Å². The van der Waals surface area contributed by atoms with Gasteiger partial charge in [0.25, 0.3) is 0 Å². The van der Waals surface area contributed by atoms with E-state index in [-0.39, 0.29) is 5.54 Å². The number of halogens is 1. The minimum atomic E-state index is 0.160. The first-order valence-electron chi connectivity index (χ1n) is 5.11. The van der Waals surface area contributed by atoms with E-state index in [4.69, 9.17) is 4.74 Å². The first-order valence-corrected chi connectivity index (χ1v) is 6.19. The molecule has 1 aromatic carbocycles. The van der Waals surface area contributed by atoms with Crippen LogP contribution in [0.5, 0.6) is 5.75 Å². The Morgan fingerprint density at radius 1 is 1.27 bits per heavy atom. The summed E-state index contributed by atoms with van der Waals surface area (Å²) < 4.78 is 6.82. The fourth-order valence-corrected chi connectivity index (χ4v) is 1.69. The fraction of sp³-hybridized carbons (Fsp3) is 0.500. The topological polar surface area (TPSA) is 21.3 Å². The van der Waals surface area contributed by atoms with Gasteiger partial charge in [-0.1, -0.05) is 12.1 Å². The van der Waals surface area contributed by atoms with Crippen LogP contribution in [-0.2, 0) is 0 Å². The second-order valence-electron chi connectivity index (χ2n) is 4.46. The molecule has 0 aliphatic carbocycles. The Balaban J connectivity index is 2.30. The summed E-state index contributed by atoms with van der Waals surface area (Å²) in [6.45, 7) is 8.03. The molecule has 0 atom stereocenters. The predicted molar refractivity (Wildman–Crippen MR) is 72.4 cm³/mol. The van der Waals surface area contributed by atoms with Crippen molar-refractivity contribution in [2.24, 2.45) is 0 Å². The maximum atomic E-state index is 5.66. The molecule has 0 amide bonds. The summed E-state index contributed by atoms with van der Waals surface area (Å²) in [5.74, 6) is 0.966. The van der Waals surface area contributed by atoms with Crippen molar-refractivity contribution in [3.8, 4) is 5.75 Å². The van der Waals surface area contributed by atoms with Gasteiger partial charge in [-0.3, -0.25) is 0 Å². The van der Waals surface area contributed by atoms with Crippen LogP contribution in [-0.4, -0.2) is 18.7 Å². The van der Waals surface area contributed by atoms with E-state index in [0.29, 0.717) is 6.61 Å². The SMILES string of the molecule is CC(C)(C)NCCOc1ccccc1I. The molecule has 3 heteroatoms. The third-order valence-corrected chi connectivity index (χ3v) is 2.74. The summed E-state index contributed by atoms with van der Waals surface area (Å²) in [6, 6.07) is 8.06. The molecule has 0 saturated heterocycles. The molecule has 0 bridgehead atoms. The van der Waals surface area contributed by atoms with Gasteiger partial charge in [-0.05, 0) is 55.5 Å². The Labute approximate surface area is 106 Å². The van der Waals surface area contributed by atoms with E-state index in [1.807, 2.05) is 24.3 Å². The monoisotopic (exact) mass is 319 g/mol. The molecule has 0 radical (unpaired) electrons. The zero-order valence-electron chi connectivity index (χ0n) is 9.51. The van der Waals surface area contributed by atoms with Crippen LogP contribution in [0.1, 0.15) is 20.8 Å². The lowest BCUT2D eigenvalue weighted by Crippen LogP contribution is -2.38. The largest absolute Gasteiger partial charge is 0.491 e. The second-order valence-corrected chi connectivity index (χ2v) is 5.62. The van der Waals surface area contributed by atoms with E-state index < -0.39 is 0 Å². The fourth-order valence-electron chi connectivity index (χ4n) is 1.15. The molecule has 0 heterocycles. The normalized spacial score (nSPS) is 11.5. The van der Waals surface area contributed by atoms with Gasteiger partial charge in [-0.2, -0.15) is 0 Å². The lowest BCUT2D eigenvalue weighted by Gasteiger charge is -2.20. The third kappa shape index (κ3) is 5.37. The van der Waals surface area contributed by atoms with Crippen LogP contribution in [0.4, 0.5) is 0 Å². The molecule has 0 saturated carbocycles. The van der Waals surface area contributed by atoms with E-state index in [1.165, 1.54) is 0 Å². The van der Waals surface area contributed by atoms with Crippen LogP contribution in [0.25, 0.3) is 0 Å². The highest BCUT2D eigenvalue weighted by molar-refractivity contribution is 14.1. The van der Waals surface area contributed by atoms with Gasteiger partial charge in [0.05, 0.1) is 3.57 Å². The molecule has 2 nitrogen and oxygen atoms in total. The molecule has 15 heavy (non-hydrogen) atoms. The average Bonchev–Trinajstić information content (AvgIpc) is 2.13. The summed E-state index contributed by atoms with van der Waals surface area (Å²) in [7, 11) is 0. The van der Waals surface area contributed by atoms with Crippen molar-refractivity contribution in [3.63, 3.8) is 0 Å². The van der Waals surface area contributed by atoms with E-state index >= 15 is 0 Å². The predicted octanol–water partition coefficient (Wildman–Crippen LogP) is 3.06. The van der Waals surface area contributed by atoms with Crippen molar-refractivity contribution in [3.05, 3.63) is 27.8 Å². The Hall–Kier alpha value is -0.290. The summed E-state index contributed by atoms with van der Waals surface area (Å²) in [6.07, 6.45) is 0. The Kier molecular flexibility index (Phi) is 4.86. The van der Waals surface area contributed by atoms with Crippen LogP contribution < -0.4 is 10.1 Å². The standard InChI is InChI=1S/C12H18INO/c1-12(2,3)14-8-9-15-11-7-5-4-6-10(11)13/h4-7,14H,8-9H2,1-3H3. The summed E-state index contributed by atoms with van der Waals surface area (Å²) >= 11 is 2.28. The smallest absolute Gasteiger partial charge is 0.132 e. The van der Waals surface area contributed by atoms with Gasteiger partial charge in [0.2, 0.25) is 0 Å². The molecule has 0 aliphatic heterocycles. The lowest BCUT2D eigenvalue weighted by atomic mass is 10.1. The second kappa shape index (κ2) is 5.70. The molecule has 1 N–H and O–H groups in total. The van der Waals surface area contributed by atoms with Crippen LogP contribution in [0, 0.1) is 3.57 Å². The van der Waals surface area contributed by atoms with Crippen LogP contribution in [0.2, 0.25) is 0 Å². The molecular formula is C12H18INO. The van der Waals surface area contributed by atoms with Crippen molar-refractivity contribution in [1.82, 2.24) is 5.32 Å². The van der Waals surface area contributed by atoms with Crippen LogP contribution >= 0.6 is 22.6 Å². The lowest BCUT2D eigenvalue weighted by molar-refractivity contribution is 0.289. The minimum Gasteiger partial charge on any atom is -0.491 e. The van der Waals surface area contributed by atoms with Crippen molar-refractivity contribution in [2.45, 2.75) is 26.3 Å². The van der Waals surface area contributed by atoms with E-state index in [0.717, 1.165) is 15.9 Å². The molecule has 0 unspecified atom stereocenters. The molecule has 0 spiro atoms. The Morgan fingerprint density at radius 2 is 1.93 bits per heavy atom. The highest BCUT2D eigenvalue weighted by atomic mass is 127. The number of ether oxygens (including phenoxy) is 1. The number of para-hydroxylation sites is 1. The minimum absolute atomic E-state index is 0.160. The first-order chi connectivity index (χ1) is 6.99. The van der Waals surface area contributed by atoms with E-state index in [2.05, 4.69) is 48.7 Å². The van der Waals surface area contributed by atoms with Gasteiger partial charge in [0.1, 0.15) is 12.4 Å². The summed E-state index contributed by atoms with van der Waals surface area (Å²) in [4.78, 5) is 0. The average molecular weight is 319 g/mol. The zero-order valence-corrected chi connectivity index (χ0v) is 11.7. The van der Waals surface area contributed by atoms with Gasteiger partial charge in [0, 0.05) is 12.1 Å². The molecule has 84 valence electrons. The van der Waals surface area contributed by atoms with Crippen LogP contribution in [0.3, 0.4) is 0 Å². The van der Waals surface area contributed by atoms with E-state index in [1.54, 1.807) is 0 Å². The number of hydrogen-bond acceptors (Lipinski definition) is 2. The number of hydrogen-bond donors (Lipinski definition) is 1. The van der Waals surface area contributed by atoms with Crippen LogP contribution in [0.15, 0.2) is 24.3 Å². The molecule has 0 aliphatic rings. The molecule has 1 aromatic rings. The maximum Gasteiger partial charge on any atom is 0.132 e. The van der Waals surface area contributed by atoms with Crippen molar-refractivity contribution < 1.29 is 4.74 Å². The highest BCUT2D eigenvalue weighted by Crippen LogP contribution is 2.19. The summed E-state index contributed by atoms with van der Waals surface area (Å²) in [5, 5.41) is 3.38. The Bertz CT molecular complexity index is 307. The van der Waals surface area contributed by atoms with Gasteiger partial charge in [0.15, 0.2) is 0 Å². The zero-order chi connectivity index (χ0) is 11.3. The molecule has 1 rings (SSSR count). The van der Waals surface area contributed by atoms with Gasteiger partial charge < -0.3 is 10.1 Å². The quantitative estimate of drug-likeness (QED) is 0.680. The van der Waals surface area contributed by atoms with E-state index in [9.17, 15) is 0 Å². The highest BCUT2D eigenvalue weighted by Gasteiger charge is 2.07. The summed E-state index contributed by atoms with van der Waals surface area (Å²) in [5.41, 5.74) is 0.160. The van der Waals surface area contributed by atoms with Gasteiger partial charge in [-0.15, -0.1) is 0 Å². The third-order valence-electron chi connectivity index (χ3n) is 1.85. The number of nitrogens with one attached hydrogen (secondary N) is 1. The number of rotatable bonds is 4. The number of benzene rings is 1.